The maximum atomic E-state index is 12.4. The smallest absolute Gasteiger partial charge is 0.348 e. The van der Waals surface area contributed by atoms with Gasteiger partial charge in [0.05, 0.1) is 0 Å². The second-order valence-electron chi connectivity index (χ2n) is 3.65. The van der Waals surface area contributed by atoms with E-state index in [1.54, 1.807) is 24.3 Å². The first-order chi connectivity index (χ1) is 9.34. The predicted molar refractivity (Wildman–Crippen MR) is 73.9 cm³/mol. The number of nitrogens with zero attached hydrogens (tertiary/aromatic N) is 3. The highest BCUT2D eigenvalue weighted by molar-refractivity contribution is 8.17. The van der Waals surface area contributed by atoms with Crippen LogP contribution in [0.4, 0.5) is 0 Å². The quantitative estimate of drug-likeness (QED) is 0.792. The summed E-state index contributed by atoms with van der Waals surface area (Å²) in [7, 11) is -2.68. The Kier molecular flexibility index (Phi) is 4.11. The molecule has 108 valence electrons. The Morgan fingerprint density at radius 2 is 1.85 bits per heavy atom. The van der Waals surface area contributed by atoms with Gasteiger partial charge in [-0.2, -0.15) is 8.42 Å². The molecule has 0 N–H and O–H groups in total. The molecule has 0 aliphatic rings. The molecule has 1 heterocycles. The summed E-state index contributed by atoms with van der Waals surface area (Å²) in [5.41, 5.74) is 0.623. The van der Waals surface area contributed by atoms with Crippen molar-refractivity contribution in [3.8, 4) is 11.5 Å². The molecular weight excluding hydrogens is 326 g/mol. The summed E-state index contributed by atoms with van der Waals surface area (Å²) in [6, 6.07) is 8.79. The number of aromatic nitrogens is 2. The van der Waals surface area contributed by atoms with E-state index in [4.69, 9.17) is 15.1 Å². The molecular formula is C10H10ClN3O4S2. The van der Waals surface area contributed by atoms with Gasteiger partial charge >= 0.3 is 14.5 Å². The van der Waals surface area contributed by atoms with Crippen LogP contribution in [-0.2, 0) is 19.0 Å². The number of benzene rings is 1. The summed E-state index contributed by atoms with van der Waals surface area (Å²) in [6.45, 7) is 1.49. The average Bonchev–Trinajstić information content (AvgIpc) is 2.88. The molecule has 1 atom stereocenters. The van der Waals surface area contributed by atoms with Crippen molar-refractivity contribution in [2.75, 3.05) is 5.75 Å². The van der Waals surface area contributed by atoms with Crippen molar-refractivity contribution in [1.29, 1.82) is 0 Å². The minimum absolute atomic E-state index is 0.116. The summed E-state index contributed by atoms with van der Waals surface area (Å²) >= 11 is 0. The van der Waals surface area contributed by atoms with Crippen molar-refractivity contribution in [2.24, 2.45) is 3.77 Å². The van der Waals surface area contributed by atoms with Crippen molar-refractivity contribution in [1.82, 2.24) is 10.2 Å². The molecule has 20 heavy (non-hydrogen) atoms. The second kappa shape index (κ2) is 5.51. The number of hydrogen-bond acceptors (Lipinski definition) is 6. The standard InChI is InChI=1S/C10H10ClN3O4S2/c1-2-19(15,14-20(11,16)17)10-13-12-9(18-10)8-6-4-3-5-7-8/h3-7H,2H2,1H3. The summed E-state index contributed by atoms with van der Waals surface area (Å²) < 4.78 is 42.7. The zero-order valence-corrected chi connectivity index (χ0v) is 12.7. The van der Waals surface area contributed by atoms with Crippen LogP contribution in [0.2, 0.25) is 0 Å². The van der Waals surface area contributed by atoms with E-state index in [1.807, 2.05) is 6.07 Å². The third kappa shape index (κ3) is 3.35. The molecule has 2 aromatic rings. The Morgan fingerprint density at radius 1 is 1.20 bits per heavy atom. The Morgan fingerprint density at radius 3 is 2.40 bits per heavy atom. The van der Waals surface area contributed by atoms with Gasteiger partial charge in [0.15, 0.2) is 0 Å². The van der Waals surface area contributed by atoms with Crippen LogP contribution < -0.4 is 0 Å². The Bertz CT molecular complexity index is 823. The fourth-order valence-corrected chi connectivity index (χ4v) is 4.66. The number of hydrogen-bond donors (Lipinski definition) is 0. The van der Waals surface area contributed by atoms with Gasteiger partial charge in [0.2, 0.25) is 5.89 Å². The second-order valence-corrected chi connectivity index (χ2v) is 8.45. The predicted octanol–water partition coefficient (Wildman–Crippen LogP) is 2.07. The molecule has 0 amide bonds. The maximum Gasteiger partial charge on any atom is 0.348 e. The topological polar surface area (TPSA) is 102 Å². The fraction of sp³-hybridized carbons (Fsp3) is 0.200. The molecule has 1 aromatic heterocycles. The van der Waals surface area contributed by atoms with E-state index in [1.165, 1.54) is 6.92 Å². The van der Waals surface area contributed by atoms with Crippen molar-refractivity contribution >= 4 is 29.6 Å². The van der Waals surface area contributed by atoms with Gasteiger partial charge in [-0.15, -0.1) is 5.10 Å². The Balaban J connectivity index is 2.53. The fourth-order valence-electron chi connectivity index (χ4n) is 1.39. The summed E-state index contributed by atoms with van der Waals surface area (Å²) in [5.74, 6) is 0.0130. The van der Waals surface area contributed by atoms with Gasteiger partial charge in [-0.05, 0) is 12.1 Å². The Labute approximate surface area is 120 Å². The molecule has 0 spiro atoms. The third-order valence-corrected chi connectivity index (χ3v) is 5.98. The summed E-state index contributed by atoms with van der Waals surface area (Å²) in [4.78, 5) is 0. The van der Waals surface area contributed by atoms with E-state index in [9.17, 15) is 12.6 Å². The molecule has 0 bridgehead atoms. The van der Waals surface area contributed by atoms with Crippen LogP contribution in [0.3, 0.4) is 0 Å². The first-order valence-corrected chi connectivity index (χ1v) is 9.39. The largest absolute Gasteiger partial charge is 0.409 e. The normalized spacial score (nSPS) is 14.7. The molecule has 10 heteroatoms. The highest BCUT2D eigenvalue weighted by Crippen LogP contribution is 2.22. The minimum atomic E-state index is -4.30. The van der Waals surface area contributed by atoms with Crippen molar-refractivity contribution in [3.63, 3.8) is 0 Å². The van der Waals surface area contributed by atoms with E-state index >= 15 is 0 Å². The molecule has 0 saturated carbocycles. The van der Waals surface area contributed by atoms with E-state index in [0.29, 0.717) is 5.56 Å². The molecule has 0 fully saturated rings. The molecule has 0 aliphatic carbocycles. The highest BCUT2D eigenvalue weighted by Gasteiger charge is 2.22. The highest BCUT2D eigenvalue weighted by atomic mass is 35.7. The number of halogens is 1. The molecule has 0 radical (unpaired) electrons. The van der Waals surface area contributed by atoms with E-state index < -0.39 is 19.0 Å². The van der Waals surface area contributed by atoms with Crippen LogP contribution in [0.15, 0.2) is 43.7 Å². The summed E-state index contributed by atoms with van der Waals surface area (Å²) in [6.07, 6.45) is 0. The number of rotatable bonds is 4. The van der Waals surface area contributed by atoms with Crippen LogP contribution in [-0.4, -0.2) is 28.6 Å². The SMILES string of the molecule is CCS(=O)(=NS(=O)(=O)Cl)c1nnc(-c2ccccc2)o1. The van der Waals surface area contributed by atoms with Gasteiger partial charge in [-0.25, -0.2) is 4.21 Å². The molecule has 1 unspecified atom stereocenters. The first kappa shape index (κ1) is 14.9. The van der Waals surface area contributed by atoms with Crippen molar-refractivity contribution in [3.05, 3.63) is 30.3 Å². The van der Waals surface area contributed by atoms with Gasteiger partial charge in [0.25, 0.3) is 0 Å². The zero-order chi connectivity index (χ0) is 14.8. The lowest BCUT2D eigenvalue weighted by atomic mass is 10.2. The van der Waals surface area contributed by atoms with Crippen LogP contribution in [0.25, 0.3) is 11.5 Å². The maximum absolute atomic E-state index is 12.4. The average molecular weight is 336 g/mol. The first-order valence-electron chi connectivity index (χ1n) is 5.44. The molecule has 0 aliphatic heterocycles. The van der Waals surface area contributed by atoms with E-state index in [2.05, 4.69) is 14.0 Å². The molecule has 7 nitrogen and oxygen atoms in total. The van der Waals surface area contributed by atoms with Crippen LogP contribution in [0.5, 0.6) is 0 Å². The molecule has 2 rings (SSSR count). The third-order valence-electron chi connectivity index (χ3n) is 2.30. The van der Waals surface area contributed by atoms with Crippen LogP contribution in [0, 0.1) is 0 Å². The molecule has 1 aromatic carbocycles. The van der Waals surface area contributed by atoms with E-state index in [-0.39, 0.29) is 16.9 Å². The van der Waals surface area contributed by atoms with Gasteiger partial charge in [0, 0.05) is 22.0 Å². The van der Waals surface area contributed by atoms with Crippen molar-refractivity contribution < 1.29 is 17.0 Å². The molecule has 0 saturated heterocycles. The van der Waals surface area contributed by atoms with Crippen molar-refractivity contribution in [2.45, 2.75) is 12.1 Å². The Hall–Kier alpha value is -1.45. The lowest BCUT2D eigenvalue weighted by Crippen LogP contribution is -2.06. The van der Waals surface area contributed by atoms with Crippen LogP contribution >= 0.6 is 10.7 Å². The van der Waals surface area contributed by atoms with Gasteiger partial charge in [-0.1, -0.05) is 34.0 Å². The summed E-state index contributed by atoms with van der Waals surface area (Å²) in [5, 5.41) is 6.99. The van der Waals surface area contributed by atoms with Crippen LogP contribution in [0.1, 0.15) is 6.92 Å². The van der Waals surface area contributed by atoms with Gasteiger partial charge in [0.1, 0.15) is 9.73 Å². The lowest BCUT2D eigenvalue weighted by Gasteiger charge is -1.99. The van der Waals surface area contributed by atoms with E-state index in [0.717, 1.165) is 0 Å². The van der Waals surface area contributed by atoms with Gasteiger partial charge in [-0.3, -0.25) is 0 Å². The lowest BCUT2D eigenvalue weighted by molar-refractivity contribution is 0.454. The monoisotopic (exact) mass is 335 g/mol. The minimum Gasteiger partial charge on any atom is -0.409 e. The zero-order valence-electron chi connectivity index (χ0n) is 10.3. The van der Waals surface area contributed by atoms with Gasteiger partial charge < -0.3 is 4.42 Å².